The van der Waals surface area contributed by atoms with E-state index in [0.717, 1.165) is 25.0 Å². The maximum atomic E-state index is 12.1. The number of likely N-dealkylation sites (N-methyl/N-ethyl adjacent to an activating group) is 1. The number of amides is 1. The number of likely N-dealkylation sites (tertiary alicyclic amines) is 1. The highest BCUT2D eigenvalue weighted by atomic mass is 16.4. The molecule has 1 heterocycles. The number of carboxylic acids is 1. The summed E-state index contributed by atoms with van der Waals surface area (Å²) < 4.78 is 0. The highest BCUT2D eigenvalue weighted by molar-refractivity contribution is 5.80. The van der Waals surface area contributed by atoms with Crippen LogP contribution in [0.1, 0.15) is 26.2 Å². The standard InChI is InChI=1S/C13H20N2O3/c1-2-15(11-5-3-4-6-11)12(16)9-14-7-10(8-14)13(17)18/h5,10H,2-4,6-9H2,1H3,(H,17,18). The van der Waals surface area contributed by atoms with Gasteiger partial charge in [-0.05, 0) is 26.2 Å². The van der Waals surface area contributed by atoms with Crippen molar-refractivity contribution in [3.05, 3.63) is 11.8 Å². The molecule has 2 aliphatic rings. The molecule has 0 radical (unpaired) electrons. The fraction of sp³-hybridized carbons (Fsp3) is 0.692. The van der Waals surface area contributed by atoms with Gasteiger partial charge in [-0.1, -0.05) is 6.08 Å². The Morgan fingerprint density at radius 1 is 1.50 bits per heavy atom. The van der Waals surface area contributed by atoms with Gasteiger partial charge in [0.2, 0.25) is 5.91 Å². The van der Waals surface area contributed by atoms with E-state index in [2.05, 4.69) is 6.08 Å². The molecule has 2 rings (SSSR count). The summed E-state index contributed by atoms with van der Waals surface area (Å²) in [7, 11) is 0. The number of nitrogens with zero attached hydrogens (tertiary/aromatic N) is 2. The topological polar surface area (TPSA) is 60.9 Å². The summed E-state index contributed by atoms with van der Waals surface area (Å²) in [5.41, 5.74) is 1.14. The molecular formula is C13H20N2O3. The van der Waals surface area contributed by atoms with Gasteiger partial charge < -0.3 is 10.0 Å². The van der Waals surface area contributed by atoms with Crippen LogP contribution >= 0.6 is 0 Å². The Kier molecular flexibility index (Phi) is 4.01. The van der Waals surface area contributed by atoms with E-state index in [1.165, 1.54) is 0 Å². The first-order valence-corrected chi connectivity index (χ1v) is 6.56. The molecule has 100 valence electrons. The van der Waals surface area contributed by atoms with E-state index >= 15 is 0 Å². The summed E-state index contributed by atoms with van der Waals surface area (Å²) in [6.07, 6.45) is 5.31. The Labute approximate surface area is 107 Å². The highest BCUT2D eigenvalue weighted by Gasteiger charge is 2.34. The lowest BCUT2D eigenvalue weighted by Gasteiger charge is -2.37. The van der Waals surface area contributed by atoms with Crippen molar-refractivity contribution < 1.29 is 14.7 Å². The van der Waals surface area contributed by atoms with Crippen molar-refractivity contribution >= 4 is 11.9 Å². The van der Waals surface area contributed by atoms with E-state index in [1.807, 2.05) is 16.7 Å². The van der Waals surface area contributed by atoms with Crippen molar-refractivity contribution in [3.8, 4) is 0 Å². The molecule has 18 heavy (non-hydrogen) atoms. The number of allylic oxidation sites excluding steroid dienone is 2. The maximum absolute atomic E-state index is 12.1. The van der Waals surface area contributed by atoms with Crippen molar-refractivity contribution in [1.29, 1.82) is 0 Å². The lowest BCUT2D eigenvalue weighted by atomic mass is 10.0. The van der Waals surface area contributed by atoms with Gasteiger partial charge in [0.15, 0.2) is 0 Å². The number of carboxylic acid groups (broad SMARTS) is 1. The van der Waals surface area contributed by atoms with Crippen molar-refractivity contribution in [2.24, 2.45) is 5.92 Å². The monoisotopic (exact) mass is 252 g/mol. The van der Waals surface area contributed by atoms with E-state index in [1.54, 1.807) is 0 Å². The third kappa shape index (κ3) is 2.72. The minimum absolute atomic E-state index is 0.0921. The summed E-state index contributed by atoms with van der Waals surface area (Å²) in [6.45, 7) is 4.01. The van der Waals surface area contributed by atoms with Crippen LogP contribution in [0, 0.1) is 5.92 Å². The number of hydrogen-bond donors (Lipinski definition) is 1. The number of aliphatic carboxylic acids is 1. The second-order valence-electron chi connectivity index (χ2n) is 4.95. The predicted octanol–water partition coefficient (Wildman–Crippen LogP) is 0.919. The van der Waals surface area contributed by atoms with E-state index in [0.29, 0.717) is 26.2 Å². The van der Waals surface area contributed by atoms with Crippen molar-refractivity contribution in [2.75, 3.05) is 26.2 Å². The molecule has 0 aromatic rings. The Balaban J connectivity index is 1.82. The third-order valence-corrected chi connectivity index (χ3v) is 3.65. The van der Waals surface area contributed by atoms with E-state index in [9.17, 15) is 9.59 Å². The molecule has 0 saturated carbocycles. The summed E-state index contributed by atoms with van der Waals surface area (Å²) in [4.78, 5) is 26.6. The summed E-state index contributed by atoms with van der Waals surface area (Å²) in [5.74, 6) is -0.961. The minimum Gasteiger partial charge on any atom is -0.481 e. The van der Waals surface area contributed by atoms with Crippen LogP contribution in [0.4, 0.5) is 0 Å². The summed E-state index contributed by atoms with van der Waals surface area (Å²) in [5, 5.41) is 8.78. The Hall–Kier alpha value is -1.36. The van der Waals surface area contributed by atoms with Gasteiger partial charge in [0.05, 0.1) is 12.5 Å². The quantitative estimate of drug-likeness (QED) is 0.790. The molecule has 1 aliphatic carbocycles. The average Bonchev–Trinajstić information content (AvgIpc) is 2.76. The molecule has 0 aromatic carbocycles. The second kappa shape index (κ2) is 5.52. The largest absolute Gasteiger partial charge is 0.481 e. The van der Waals surface area contributed by atoms with Crippen LogP contribution in [0.25, 0.3) is 0 Å². The van der Waals surface area contributed by atoms with E-state index < -0.39 is 5.97 Å². The number of hydrogen-bond acceptors (Lipinski definition) is 3. The smallest absolute Gasteiger partial charge is 0.309 e. The first-order valence-electron chi connectivity index (χ1n) is 6.56. The predicted molar refractivity (Wildman–Crippen MR) is 66.9 cm³/mol. The molecule has 1 amide bonds. The molecule has 0 unspecified atom stereocenters. The first kappa shape index (κ1) is 13.1. The molecule has 0 aromatic heterocycles. The van der Waals surface area contributed by atoms with Crippen LogP contribution in [0.2, 0.25) is 0 Å². The molecule has 1 N–H and O–H groups in total. The van der Waals surface area contributed by atoms with E-state index in [4.69, 9.17) is 5.11 Å². The Bertz CT molecular complexity index is 372. The number of carbonyl (C=O) groups excluding carboxylic acids is 1. The van der Waals surface area contributed by atoms with Crippen molar-refractivity contribution in [1.82, 2.24) is 9.80 Å². The zero-order valence-corrected chi connectivity index (χ0v) is 10.8. The minimum atomic E-state index is -0.760. The van der Waals surface area contributed by atoms with Gasteiger partial charge in [-0.15, -0.1) is 0 Å². The molecule has 1 saturated heterocycles. The lowest BCUT2D eigenvalue weighted by molar-refractivity contribution is -0.149. The SMILES string of the molecule is CCN(C(=O)CN1CC(C(=O)O)C1)C1=CCCC1. The highest BCUT2D eigenvalue weighted by Crippen LogP contribution is 2.22. The zero-order chi connectivity index (χ0) is 13.1. The van der Waals surface area contributed by atoms with Crippen LogP contribution < -0.4 is 0 Å². The van der Waals surface area contributed by atoms with Gasteiger partial charge >= 0.3 is 5.97 Å². The van der Waals surface area contributed by atoms with Gasteiger partial charge in [0.1, 0.15) is 0 Å². The van der Waals surface area contributed by atoms with Crippen LogP contribution in [-0.4, -0.2) is 53.0 Å². The fourth-order valence-corrected chi connectivity index (χ4v) is 2.57. The summed E-state index contributed by atoms with van der Waals surface area (Å²) in [6, 6.07) is 0. The molecular weight excluding hydrogens is 232 g/mol. The normalized spacial score (nSPS) is 20.4. The maximum Gasteiger partial charge on any atom is 0.309 e. The van der Waals surface area contributed by atoms with Gasteiger partial charge in [-0.25, -0.2) is 0 Å². The van der Waals surface area contributed by atoms with Crippen molar-refractivity contribution in [2.45, 2.75) is 26.2 Å². The molecule has 0 spiro atoms. The Morgan fingerprint density at radius 2 is 2.22 bits per heavy atom. The second-order valence-corrected chi connectivity index (χ2v) is 4.95. The van der Waals surface area contributed by atoms with Gasteiger partial charge in [-0.2, -0.15) is 0 Å². The van der Waals surface area contributed by atoms with Gasteiger partial charge in [0, 0.05) is 25.3 Å². The molecule has 5 nitrogen and oxygen atoms in total. The summed E-state index contributed by atoms with van der Waals surface area (Å²) >= 11 is 0. The molecule has 1 aliphatic heterocycles. The van der Waals surface area contributed by atoms with Crippen LogP contribution in [0.15, 0.2) is 11.8 Å². The lowest BCUT2D eigenvalue weighted by Crippen LogP contribution is -2.53. The third-order valence-electron chi connectivity index (χ3n) is 3.65. The fourth-order valence-electron chi connectivity index (χ4n) is 2.57. The average molecular weight is 252 g/mol. The molecule has 1 fully saturated rings. The molecule has 0 atom stereocenters. The van der Waals surface area contributed by atoms with E-state index in [-0.39, 0.29) is 11.8 Å². The van der Waals surface area contributed by atoms with Crippen LogP contribution in [0.5, 0.6) is 0 Å². The van der Waals surface area contributed by atoms with Crippen LogP contribution in [0.3, 0.4) is 0 Å². The number of carbonyl (C=O) groups is 2. The molecule has 5 heteroatoms. The van der Waals surface area contributed by atoms with Gasteiger partial charge in [-0.3, -0.25) is 14.5 Å². The van der Waals surface area contributed by atoms with Crippen molar-refractivity contribution in [3.63, 3.8) is 0 Å². The van der Waals surface area contributed by atoms with Crippen LogP contribution in [-0.2, 0) is 9.59 Å². The first-order chi connectivity index (χ1) is 8.61. The Morgan fingerprint density at radius 3 is 2.72 bits per heavy atom. The zero-order valence-electron chi connectivity index (χ0n) is 10.8. The van der Waals surface area contributed by atoms with Gasteiger partial charge in [0.25, 0.3) is 0 Å². The number of rotatable bonds is 5. The molecule has 0 bridgehead atoms.